The van der Waals surface area contributed by atoms with Crippen LogP contribution in [0, 0.1) is 11.3 Å². The maximum atomic E-state index is 12.4. The van der Waals surface area contributed by atoms with E-state index in [0.29, 0.717) is 24.5 Å². The van der Waals surface area contributed by atoms with Crippen LogP contribution in [0.1, 0.15) is 43.0 Å². The minimum atomic E-state index is 0.0260. The number of amides is 1. The summed E-state index contributed by atoms with van der Waals surface area (Å²) in [6.45, 7) is 3.65. The van der Waals surface area contributed by atoms with Crippen molar-refractivity contribution in [3.63, 3.8) is 0 Å². The molecular formula is C28H30N6O. The van der Waals surface area contributed by atoms with E-state index in [0.717, 1.165) is 48.6 Å². The molecule has 7 heteroatoms. The van der Waals surface area contributed by atoms with Gasteiger partial charge in [-0.15, -0.1) is 0 Å². The predicted octanol–water partition coefficient (Wildman–Crippen LogP) is 4.84. The molecule has 0 aliphatic carbocycles. The fraction of sp³-hybridized carbons (Fsp3) is 0.286. The molecule has 1 unspecified atom stereocenters. The van der Waals surface area contributed by atoms with Crippen molar-refractivity contribution in [3.8, 4) is 6.07 Å². The first-order valence-corrected chi connectivity index (χ1v) is 12.0. The topological polar surface area (TPSA) is 93.9 Å². The van der Waals surface area contributed by atoms with Crippen LogP contribution in [0.15, 0.2) is 66.7 Å². The summed E-state index contributed by atoms with van der Waals surface area (Å²) < 4.78 is 0. The summed E-state index contributed by atoms with van der Waals surface area (Å²) in [5.74, 6) is 1.39. The highest BCUT2D eigenvalue weighted by Crippen LogP contribution is 2.23. The molecule has 1 aliphatic rings. The molecule has 2 heterocycles. The van der Waals surface area contributed by atoms with Crippen molar-refractivity contribution in [1.29, 1.82) is 5.26 Å². The van der Waals surface area contributed by atoms with Gasteiger partial charge in [-0.05, 0) is 36.6 Å². The normalized spacial score (nSPS) is 15.2. The quantitative estimate of drug-likeness (QED) is 0.469. The van der Waals surface area contributed by atoms with Gasteiger partial charge >= 0.3 is 0 Å². The lowest BCUT2D eigenvalue weighted by Gasteiger charge is -2.20. The molecule has 35 heavy (non-hydrogen) atoms. The minimum Gasteiger partial charge on any atom is -0.354 e. The van der Waals surface area contributed by atoms with E-state index in [1.165, 1.54) is 0 Å². The number of carbonyl (C=O) groups excluding carboxylic acids is 1. The zero-order valence-corrected chi connectivity index (χ0v) is 19.9. The average molecular weight is 467 g/mol. The van der Waals surface area contributed by atoms with Crippen LogP contribution in [0.25, 0.3) is 6.08 Å². The predicted molar refractivity (Wildman–Crippen MR) is 139 cm³/mol. The van der Waals surface area contributed by atoms with E-state index in [2.05, 4.69) is 33.5 Å². The number of nitrogens with one attached hydrogen (secondary N) is 2. The second kappa shape index (κ2) is 11.8. The second-order valence-corrected chi connectivity index (χ2v) is 8.63. The third-order valence-corrected chi connectivity index (χ3v) is 5.81. The summed E-state index contributed by atoms with van der Waals surface area (Å²) >= 11 is 0. The van der Waals surface area contributed by atoms with Gasteiger partial charge in [0.15, 0.2) is 0 Å². The zero-order valence-electron chi connectivity index (χ0n) is 19.9. The smallest absolute Gasteiger partial charge is 0.229 e. The molecule has 7 nitrogen and oxygen atoms in total. The second-order valence-electron chi connectivity index (χ2n) is 8.63. The first-order chi connectivity index (χ1) is 17.1. The number of hydrogen-bond donors (Lipinski definition) is 2. The molecule has 0 bridgehead atoms. The molecule has 178 valence electrons. The highest BCUT2D eigenvalue weighted by molar-refractivity contribution is 5.79. The summed E-state index contributed by atoms with van der Waals surface area (Å²) in [7, 11) is 0. The number of hydrogen-bond acceptors (Lipinski definition) is 6. The number of nitrogens with zero attached hydrogens (tertiary/aromatic N) is 4. The van der Waals surface area contributed by atoms with Crippen molar-refractivity contribution in [2.75, 3.05) is 23.3 Å². The van der Waals surface area contributed by atoms with Crippen molar-refractivity contribution < 1.29 is 4.79 Å². The Morgan fingerprint density at radius 2 is 2.03 bits per heavy atom. The molecule has 0 saturated carbocycles. The van der Waals surface area contributed by atoms with Crippen molar-refractivity contribution in [3.05, 3.63) is 83.6 Å². The Bertz CT molecular complexity index is 1220. The Balaban J connectivity index is 1.38. The number of nitriles is 1. The Kier molecular flexibility index (Phi) is 8.08. The van der Waals surface area contributed by atoms with Crippen molar-refractivity contribution in [2.24, 2.45) is 0 Å². The van der Waals surface area contributed by atoms with E-state index in [1.807, 2.05) is 60.7 Å². The van der Waals surface area contributed by atoms with Gasteiger partial charge in [-0.3, -0.25) is 4.79 Å². The molecule has 1 aliphatic heterocycles. The number of aromatic nitrogens is 2. The number of aryl methyl sites for hydroxylation is 1. The van der Waals surface area contributed by atoms with Gasteiger partial charge in [-0.1, -0.05) is 61.9 Å². The molecule has 2 N–H and O–H groups in total. The molecule has 1 amide bonds. The third kappa shape index (κ3) is 6.90. The van der Waals surface area contributed by atoms with Crippen molar-refractivity contribution >= 4 is 29.4 Å². The molecule has 0 spiro atoms. The number of benzene rings is 2. The number of carbonyl (C=O) groups is 1. The van der Waals surface area contributed by atoms with Gasteiger partial charge in [-0.25, -0.2) is 4.98 Å². The third-order valence-electron chi connectivity index (χ3n) is 5.81. The first-order valence-electron chi connectivity index (χ1n) is 12.0. The zero-order chi connectivity index (χ0) is 24.5. The van der Waals surface area contributed by atoms with Gasteiger partial charge in [0.25, 0.3) is 0 Å². The summed E-state index contributed by atoms with van der Waals surface area (Å²) in [6.07, 6.45) is 6.93. The van der Waals surface area contributed by atoms with E-state index in [-0.39, 0.29) is 11.9 Å². The summed E-state index contributed by atoms with van der Waals surface area (Å²) in [5.41, 5.74) is 3.41. The molecule has 4 rings (SSSR count). The first kappa shape index (κ1) is 24.0. The molecule has 1 aromatic heterocycles. The standard InChI is InChI=1S/C28H30N6O/c1-2-8-23-18-26(33-28(31-23)32-24-13-6-12-22(17-24)19-29)34-16-15-25(20-34)30-27(35)14-7-11-21-9-4-3-5-10-21/h3-7,9-13,17-18,25H,2,8,14-16,20H2,1H3,(H,30,35)(H,31,32,33). The van der Waals surface area contributed by atoms with E-state index in [1.54, 1.807) is 12.1 Å². The van der Waals surface area contributed by atoms with Crippen LogP contribution in [0.3, 0.4) is 0 Å². The molecular weight excluding hydrogens is 436 g/mol. The lowest BCUT2D eigenvalue weighted by molar-refractivity contribution is -0.120. The summed E-state index contributed by atoms with van der Waals surface area (Å²) in [4.78, 5) is 24.0. The number of anilines is 3. The van der Waals surface area contributed by atoms with Gasteiger partial charge in [0, 0.05) is 43.0 Å². The Labute approximate surface area is 206 Å². The highest BCUT2D eigenvalue weighted by atomic mass is 16.1. The molecule has 2 aromatic carbocycles. The molecule has 1 atom stereocenters. The summed E-state index contributed by atoms with van der Waals surface area (Å²) in [6, 6.07) is 21.5. The monoisotopic (exact) mass is 466 g/mol. The summed E-state index contributed by atoms with van der Waals surface area (Å²) in [5, 5.41) is 15.6. The molecule has 1 saturated heterocycles. The SMILES string of the molecule is CCCc1cc(N2CCC(NC(=O)CC=Cc3ccccc3)C2)nc(Nc2cccc(C#N)c2)n1. The molecule has 1 fully saturated rings. The lowest BCUT2D eigenvalue weighted by Crippen LogP contribution is -2.36. The van der Waals surface area contributed by atoms with Gasteiger partial charge < -0.3 is 15.5 Å². The minimum absolute atomic E-state index is 0.0260. The highest BCUT2D eigenvalue weighted by Gasteiger charge is 2.25. The largest absolute Gasteiger partial charge is 0.354 e. The Hall–Kier alpha value is -4.18. The van der Waals surface area contributed by atoms with Gasteiger partial charge in [0.1, 0.15) is 5.82 Å². The van der Waals surface area contributed by atoms with E-state index < -0.39 is 0 Å². The van der Waals surface area contributed by atoms with E-state index in [9.17, 15) is 4.79 Å². The van der Waals surface area contributed by atoms with Crippen LogP contribution in [0.5, 0.6) is 0 Å². The Morgan fingerprint density at radius 1 is 1.17 bits per heavy atom. The van der Waals surface area contributed by atoms with Crippen LogP contribution in [-0.4, -0.2) is 35.0 Å². The van der Waals surface area contributed by atoms with Crippen LogP contribution >= 0.6 is 0 Å². The van der Waals surface area contributed by atoms with Gasteiger partial charge in [0.2, 0.25) is 11.9 Å². The van der Waals surface area contributed by atoms with E-state index in [4.69, 9.17) is 10.2 Å². The fourth-order valence-electron chi connectivity index (χ4n) is 4.12. The van der Waals surface area contributed by atoms with Crippen molar-refractivity contribution in [1.82, 2.24) is 15.3 Å². The van der Waals surface area contributed by atoms with Crippen LogP contribution in [0.4, 0.5) is 17.5 Å². The van der Waals surface area contributed by atoms with E-state index >= 15 is 0 Å². The molecule has 0 radical (unpaired) electrons. The fourth-order valence-corrected chi connectivity index (χ4v) is 4.12. The van der Waals surface area contributed by atoms with Crippen LogP contribution in [0.2, 0.25) is 0 Å². The van der Waals surface area contributed by atoms with Crippen LogP contribution < -0.4 is 15.5 Å². The van der Waals surface area contributed by atoms with Crippen molar-refractivity contribution in [2.45, 2.75) is 38.6 Å². The maximum absolute atomic E-state index is 12.4. The van der Waals surface area contributed by atoms with Gasteiger partial charge in [-0.2, -0.15) is 10.2 Å². The Morgan fingerprint density at radius 3 is 2.83 bits per heavy atom. The lowest BCUT2D eigenvalue weighted by atomic mass is 10.2. The maximum Gasteiger partial charge on any atom is 0.229 e. The number of rotatable bonds is 9. The molecule has 3 aromatic rings. The van der Waals surface area contributed by atoms with Gasteiger partial charge in [0.05, 0.1) is 11.6 Å². The average Bonchev–Trinajstić information content (AvgIpc) is 3.33. The van der Waals surface area contributed by atoms with Crippen LogP contribution in [-0.2, 0) is 11.2 Å².